The Balaban J connectivity index is 1.64. The first-order valence-corrected chi connectivity index (χ1v) is 8.89. The van der Waals surface area contributed by atoms with Crippen LogP contribution < -0.4 is 4.72 Å². The molecular weight excluding hydrogens is 408 g/mol. The highest BCUT2D eigenvalue weighted by molar-refractivity contribution is 8.00. The number of hydrogen-bond acceptors (Lipinski definition) is 7. The van der Waals surface area contributed by atoms with Crippen molar-refractivity contribution in [2.24, 2.45) is 0 Å². The summed E-state index contributed by atoms with van der Waals surface area (Å²) in [5.41, 5.74) is 1.65. The zero-order valence-corrected chi connectivity index (χ0v) is 15.3. The highest BCUT2D eigenvalue weighted by atomic mass is 35.5. The van der Waals surface area contributed by atoms with Crippen LogP contribution in [0.3, 0.4) is 0 Å². The van der Waals surface area contributed by atoms with E-state index < -0.39 is 11.6 Å². The van der Waals surface area contributed by atoms with Crippen molar-refractivity contribution in [3.8, 4) is 17.3 Å². The Labute approximate surface area is 166 Å². The van der Waals surface area contributed by atoms with Gasteiger partial charge in [0.2, 0.25) is 0 Å². The Hall–Kier alpha value is -3.29. The molecule has 138 valence electrons. The molecule has 3 heterocycles. The van der Waals surface area contributed by atoms with Gasteiger partial charge in [-0.25, -0.2) is 23.7 Å². The van der Waals surface area contributed by atoms with E-state index in [2.05, 4.69) is 24.8 Å². The molecule has 0 aliphatic rings. The van der Waals surface area contributed by atoms with E-state index in [0.29, 0.717) is 22.7 Å². The fourth-order valence-corrected chi connectivity index (χ4v) is 3.19. The number of halogens is 3. The summed E-state index contributed by atoms with van der Waals surface area (Å²) in [7, 11) is 0. The third-order valence-electron chi connectivity index (χ3n) is 3.64. The molecule has 3 aromatic heterocycles. The average molecular weight is 416 g/mol. The molecule has 7 nitrogen and oxygen atoms in total. The molecule has 11 heteroatoms. The van der Waals surface area contributed by atoms with Crippen LogP contribution in [0.1, 0.15) is 5.69 Å². The Morgan fingerprint density at radius 2 is 1.93 bits per heavy atom. The molecule has 1 N–H and O–H groups in total. The summed E-state index contributed by atoms with van der Waals surface area (Å²) in [5.74, 6) is -1.06. The highest BCUT2D eigenvalue weighted by Gasteiger charge is 2.12. The SMILES string of the molecule is N#Cc1cnc2ncc(-c3cnc(Cl)c(NSc4ccc(F)cc4F)c3)nn12. The fraction of sp³-hybridized carbons (Fsp3) is 0. The van der Waals surface area contributed by atoms with Gasteiger partial charge in [0.1, 0.15) is 23.4 Å². The van der Waals surface area contributed by atoms with Crippen LogP contribution in [0.4, 0.5) is 14.5 Å². The van der Waals surface area contributed by atoms with Crippen molar-refractivity contribution in [1.29, 1.82) is 5.26 Å². The number of pyridine rings is 1. The molecule has 0 atom stereocenters. The molecule has 0 spiro atoms. The second-order valence-corrected chi connectivity index (χ2v) is 6.66. The van der Waals surface area contributed by atoms with Crippen LogP contribution in [0.5, 0.6) is 0 Å². The number of nitrogens with zero attached hydrogens (tertiary/aromatic N) is 6. The molecule has 4 rings (SSSR count). The Morgan fingerprint density at radius 3 is 2.71 bits per heavy atom. The summed E-state index contributed by atoms with van der Waals surface area (Å²) in [5, 5.41) is 13.6. The molecule has 0 amide bonds. The zero-order chi connectivity index (χ0) is 19.7. The molecule has 0 bridgehead atoms. The largest absolute Gasteiger partial charge is 0.323 e. The van der Waals surface area contributed by atoms with E-state index in [1.165, 1.54) is 29.2 Å². The van der Waals surface area contributed by atoms with Crippen molar-refractivity contribution in [2.45, 2.75) is 4.90 Å². The summed E-state index contributed by atoms with van der Waals surface area (Å²) in [6.45, 7) is 0. The minimum absolute atomic E-state index is 0.160. The molecule has 0 aliphatic carbocycles. The maximum absolute atomic E-state index is 13.8. The lowest BCUT2D eigenvalue weighted by Gasteiger charge is -2.09. The van der Waals surface area contributed by atoms with Crippen LogP contribution in [-0.2, 0) is 0 Å². The monoisotopic (exact) mass is 415 g/mol. The van der Waals surface area contributed by atoms with Gasteiger partial charge in [-0.2, -0.15) is 14.9 Å². The minimum atomic E-state index is -0.696. The Morgan fingerprint density at radius 1 is 1.11 bits per heavy atom. The number of imidazole rings is 1. The number of rotatable bonds is 4. The van der Waals surface area contributed by atoms with Gasteiger partial charge in [0, 0.05) is 17.8 Å². The van der Waals surface area contributed by atoms with Crippen molar-refractivity contribution in [2.75, 3.05) is 4.72 Å². The maximum Gasteiger partial charge on any atom is 0.251 e. The zero-order valence-electron chi connectivity index (χ0n) is 13.8. The molecular formula is C17H8ClF2N7S. The van der Waals surface area contributed by atoms with Gasteiger partial charge in [0.25, 0.3) is 5.78 Å². The standard InChI is InChI=1S/C17H8ClF2N7S/c18-16-13(26-28-15-2-1-10(19)4-12(15)20)3-9(6-22-16)14-8-24-17-23-7-11(5-21)27(17)25-14/h1-4,6-8,26H. The molecule has 0 aliphatic heterocycles. The van der Waals surface area contributed by atoms with Crippen molar-refractivity contribution >= 4 is 35.0 Å². The van der Waals surface area contributed by atoms with Gasteiger partial charge < -0.3 is 4.72 Å². The van der Waals surface area contributed by atoms with Crippen LogP contribution in [0.15, 0.2) is 47.8 Å². The molecule has 0 saturated heterocycles. The number of anilines is 1. The normalized spacial score (nSPS) is 10.8. The third kappa shape index (κ3) is 3.45. The van der Waals surface area contributed by atoms with Gasteiger partial charge in [-0.3, -0.25) is 0 Å². The molecule has 0 fully saturated rings. The highest BCUT2D eigenvalue weighted by Crippen LogP contribution is 2.30. The van der Waals surface area contributed by atoms with Crippen LogP contribution in [-0.4, -0.2) is 24.6 Å². The first-order valence-electron chi connectivity index (χ1n) is 7.70. The number of hydrogen-bond donors (Lipinski definition) is 1. The number of nitriles is 1. The molecule has 0 unspecified atom stereocenters. The molecule has 4 aromatic rings. The fourth-order valence-electron chi connectivity index (χ4n) is 2.31. The van der Waals surface area contributed by atoms with Gasteiger partial charge >= 0.3 is 0 Å². The molecule has 0 saturated carbocycles. The number of nitrogens with one attached hydrogen (secondary N) is 1. The number of benzene rings is 1. The van der Waals surface area contributed by atoms with Crippen LogP contribution in [0.2, 0.25) is 5.15 Å². The number of fused-ring (bicyclic) bond motifs is 1. The molecule has 28 heavy (non-hydrogen) atoms. The van der Waals surface area contributed by atoms with E-state index in [9.17, 15) is 8.78 Å². The minimum Gasteiger partial charge on any atom is -0.323 e. The summed E-state index contributed by atoms with van der Waals surface area (Å²) in [6, 6.07) is 6.90. The summed E-state index contributed by atoms with van der Waals surface area (Å²) in [6.07, 6.45) is 4.36. The third-order valence-corrected chi connectivity index (χ3v) is 4.82. The smallest absolute Gasteiger partial charge is 0.251 e. The molecule has 0 radical (unpaired) electrons. The average Bonchev–Trinajstić information content (AvgIpc) is 3.11. The van der Waals surface area contributed by atoms with Gasteiger partial charge in [-0.05, 0) is 30.1 Å². The van der Waals surface area contributed by atoms with E-state index in [-0.39, 0.29) is 15.7 Å². The Bertz CT molecular complexity index is 1240. The lowest BCUT2D eigenvalue weighted by Crippen LogP contribution is -2.00. The van der Waals surface area contributed by atoms with E-state index in [1.54, 1.807) is 6.07 Å². The predicted molar refractivity (Wildman–Crippen MR) is 99.6 cm³/mol. The molecule has 1 aromatic carbocycles. The van der Waals surface area contributed by atoms with E-state index >= 15 is 0 Å². The van der Waals surface area contributed by atoms with E-state index in [1.807, 2.05) is 6.07 Å². The van der Waals surface area contributed by atoms with Gasteiger partial charge in [0.15, 0.2) is 10.8 Å². The summed E-state index contributed by atoms with van der Waals surface area (Å²) in [4.78, 5) is 12.4. The first-order chi connectivity index (χ1) is 13.5. The Kier molecular flexibility index (Phi) is 4.77. The van der Waals surface area contributed by atoms with E-state index in [4.69, 9.17) is 16.9 Å². The van der Waals surface area contributed by atoms with Crippen molar-refractivity contribution in [3.05, 3.63) is 65.3 Å². The van der Waals surface area contributed by atoms with Crippen LogP contribution in [0.25, 0.3) is 17.0 Å². The van der Waals surface area contributed by atoms with Gasteiger partial charge in [-0.15, -0.1) is 0 Å². The van der Waals surface area contributed by atoms with Crippen molar-refractivity contribution in [1.82, 2.24) is 24.6 Å². The van der Waals surface area contributed by atoms with Crippen LogP contribution in [0, 0.1) is 23.0 Å². The maximum atomic E-state index is 13.8. The van der Waals surface area contributed by atoms with Crippen molar-refractivity contribution in [3.63, 3.8) is 0 Å². The number of aromatic nitrogens is 5. The second kappa shape index (κ2) is 7.38. The first kappa shape index (κ1) is 18.1. The summed E-state index contributed by atoms with van der Waals surface area (Å²) < 4.78 is 31.0. The van der Waals surface area contributed by atoms with Crippen molar-refractivity contribution < 1.29 is 8.78 Å². The van der Waals surface area contributed by atoms with Gasteiger partial charge in [-0.1, -0.05) is 11.6 Å². The van der Waals surface area contributed by atoms with Gasteiger partial charge in [0.05, 0.1) is 23.0 Å². The lowest BCUT2D eigenvalue weighted by atomic mass is 10.2. The lowest BCUT2D eigenvalue weighted by molar-refractivity contribution is 0.566. The summed E-state index contributed by atoms with van der Waals surface area (Å²) >= 11 is 7.03. The predicted octanol–water partition coefficient (Wildman–Crippen LogP) is 4.11. The van der Waals surface area contributed by atoms with Crippen LogP contribution >= 0.6 is 23.5 Å². The van der Waals surface area contributed by atoms with E-state index in [0.717, 1.165) is 24.1 Å². The topological polar surface area (TPSA) is 91.8 Å². The quantitative estimate of drug-likeness (QED) is 0.396. The second-order valence-electron chi connectivity index (χ2n) is 5.45.